The molecule has 2 aliphatic rings. The fraction of sp³-hybridized carbons (Fsp3) is 0.536. The second-order valence-corrected chi connectivity index (χ2v) is 11.4. The number of benzene rings is 1. The first kappa shape index (κ1) is 23.6. The topological polar surface area (TPSA) is 63.4 Å². The molecule has 1 saturated heterocycles. The van der Waals surface area contributed by atoms with Crippen molar-refractivity contribution in [1.29, 1.82) is 0 Å². The van der Waals surface area contributed by atoms with Gasteiger partial charge in [-0.25, -0.2) is 9.78 Å². The number of pyridine rings is 1. The minimum Gasteiger partial charge on any atom is -0.368 e. The van der Waals surface area contributed by atoms with Crippen molar-refractivity contribution in [2.24, 2.45) is 18.4 Å². The van der Waals surface area contributed by atoms with Crippen LogP contribution in [0.15, 0.2) is 41.2 Å². The van der Waals surface area contributed by atoms with Crippen LogP contribution in [0.5, 0.6) is 0 Å². The van der Waals surface area contributed by atoms with E-state index in [0.29, 0.717) is 18.1 Å². The van der Waals surface area contributed by atoms with Gasteiger partial charge in [0.2, 0.25) is 5.91 Å². The summed E-state index contributed by atoms with van der Waals surface area (Å²) < 4.78 is 3.48. The van der Waals surface area contributed by atoms with E-state index in [1.54, 1.807) is 11.6 Å². The van der Waals surface area contributed by atoms with Crippen LogP contribution >= 0.6 is 0 Å². The van der Waals surface area contributed by atoms with E-state index in [4.69, 9.17) is 4.98 Å². The second-order valence-electron chi connectivity index (χ2n) is 11.4. The first-order valence-electron chi connectivity index (χ1n) is 12.9. The van der Waals surface area contributed by atoms with Crippen molar-refractivity contribution >= 4 is 22.8 Å². The Balaban J connectivity index is 1.35. The molecular weight excluding hydrogens is 438 g/mol. The molecule has 1 aliphatic carbocycles. The molecule has 0 radical (unpaired) electrons. The van der Waals surface area contributed by atoms with Gasteiger partial charge in [0.15, 0.2) is 5.65 Å². The van der Waals surface area contributed by atoms with Crippen molar-refractivity contribution in [2.45, 2.75) is 53.0 Å². The lowest BCUT2D eigenvalue weighted by atomic mass is 9.97. The number of piperazine rings is 1. The molecule has 2 fully saturated rings. The number of imidazole rings is 1. The summed E-state index contributed by atoms with van der Waals surface area (Å²) in [6, 6.07) is 12.5. The molecule has 0 N–H and O–H groups in total. The van der Waals surface area contributed by atoms with Crippen LogP contribution in [-0.4, -0.2) is 51.1 Å². The second kappa shape index (κ2) is 9.17. The number of hydrogen-bond acceptors (Lipinski definition) is 4. The molecule has 1 aromatic carbocycles. The van der Waals surface area contributed by atoms with Crippen LogP contribution in [0, 0.1) is 11.3 Å². The highest BCUT2D eigenvalue weighted by molar-refractivity contribution is 5.80. The van der Waals surface area contributed by atoms with Crippen molar-refractivity contribution in [3.8, 4) is 11.3 Å². The Bertz CT molecular complexity index is 1280. The summed E-state index contributed by atoms with van der Waals surface area (Å²) in [6.07, 6.45) is 4.50. The molecule has 7 heteroatoms. The summed E-state index contributed by atoms with van der Waals surface area (Å²) in [5.41, 5.74) is 4.59. The number of anilines is 1. The quantitative estimate of drug-likeness (QED) is 0.565. The highest BCUT2D eigenvalue weighted by Crippen LogP contribution is 2.29. The van der Waals surface area contributed by atoms with E-state index < -0.39 is 0 Å². The van der Waals surface area contributed by atoms with E-state index in [1.165, 1.54) is 12.8 Å². The molecule has 0 atom stereocenters. The smallest absolute Gasteiger partial charge is 0.330 e. The van der Waals surface area contributed by atoms with Gasteiger partial charge >= 0.3 is 5.69 Å². The lowest BCUT2D eigenvalue weighted by Gasteiger charge is -2.37. The van der Waals surface area contributed by atoms with Gasteiger partial charge in [0, 0.05) is 56.9 Å². The molecule has 2 aromatic heterocycles. The Hall–Kier alpha value is -3.09. The van der Waals surface area contributed by atoms with E-state index in [2.05, 4.69) is 54.8 Å². The monoisotopic (exact) mass is 475 g/mol. The zero-order valence-corrected chi connectivity index (χ0v) is 21.5. The average Bonchev–Trinajstić information content (AvgIpc) is 3.47. The Labute approximate surface area is 207 Å². The Morgan fingerprint density at radius 3 is 2.43 bits per heavy atom. The number of nitrogens with zero attached hydrogens (tertiary/aromatic N) is 5. The summed E-state index contributed by atoms with van der Waals surface area (Å²) in [7, 11) is 1.80. The number of fused-ring (bicyclic) bond motifs is 1. The van der Waals surface area contributed by atoms with E-state index in [9.17, 15) is 9.59 Å². The van der Waals surface area contributed by atoms with Crippen LogP contribution in [0.3, 0.4) is 0 Å². The maximum absolute atomic E-state index is 12.9. The van der Waals surface area contributed by atoms with Crippen LogP contribution in [-0.2, 0) is 18.4 Å². The van der Waals surface area contributed by atoms with E-state index in [0.717, 1.165) is 61.5 Å². The van der Waals surface area contributed by atoms with E-state index in [-0.39, 0.29) is 17.0 Å². The summed E-state index contributed by atoms with van der Waals surface area (Å²) >= 11 is 0. The van der Waals surface area contributed by atoms with Crippen LogP contribution < -0.4 is 10.6 Å². The van der Waals surface area contributed by atoms with Gasteiger partial charge in [-0.15, -0.1) is 0 Å². The number of carbonyl (C=O) groups excluding carboxylic acids is 1. The van der Waals surface area contributed by atoms with Gasteiger partial charge in [0.1, 0.15) is 0 Å². The maximum Gasteiger partial charge on any atom is 0.330 e. The van der Waals surface area contributed by atoms with Crippen LogP contribution in [0.1, 0.15) is 46.5 Å². The first-order chi connectivity index (χ1) is 16.7. The molecule has 0 bridgehead atoms. The highest BCUT2D eigenvalue weighted by Gasteiger charge is 2.29. The van der Waals surface area contributed by atoms with Crippen molar-refractivity contribution in [3.05, 3.63) is 46.9 Å². The SMILES string of the molecule is Cn1c(=O)n(CC(C)(C)C)c2ccc(-c3cccc(N4CCN(C(=O)C5CCCC5)CC4)c3)nc21. The molecule has 1 saturated carbocycles. The number of aromatic nitrogens is 3. The van der Waals surface area contributed by atoms with Crippen molar-refractivity contribution in [2.75, 3.05) is 31.1 Å². The number of carbonyl (C=O) groups is 1. The van der Waals surface area contributed by atoms with E-state index >= 15 is 0 Å². The van der Waals surface area contributed by atoms with Gasteiger partial charge in [0.05, 0.1) is 11.2 Å². The van der Waals surface area contributed by atoms with Crippen molar-refractivity contribution < 1.29 is 4.79 Å². The van der Waals surface area contributed by atoms with Crippen molar-refractivity contribution in [3.63, 3.8) is 0 Å². The zero-order chi connectivity index (χ0) is 24.7. The molecule has 7 nitrogen and oxygen atoms in total. The lowest BCUT2D eigenvalue weighted by molar-refractivity contribution is -0.135. The number of rotatable bonds is 4. The third-order valence-electron chi connectivity index (χ3n) is 7.42. The molecule has 1 aliphatic heterocycles. The average molecular weight is 476 g/mol. The van der Waals surface area contributed by atoms with Gasteiger partial charge in [-0.1, -0.05) is 45.7 Å². The van der Waals surface area contributed by atoms with Gasteiger partial charge in [0.25, 0.3) is 0 Å². The summed E-state index contributed by atoms with van der Waals surface area (Å²) in [4.78, 5) is 35.0. The van der Waals surface area contributed by atoms with Gasteiger partial charge in [-0.2, -0.15) is 0 Å². The summed E-state index contributed by atoms with van der Waals surface area (Å²) in [6.45, 7) is 10.3. The highest BCUT2D eigenvalue weighted by atomic mass is 16.2. The molecule has 3 aromatic rings. The molecule has 0 unspecified atom stereocenters. The summed E-state index contributed by atoms with van der Waals surface area (Å²) in [5.74, 6) is 0.609. The Morgan fingerprint density at radius 2 is 1.74 bits per heavy atom. The van der Waals surface area contributed by atoms with Gasteiger partial charge < -0.3 is 9.80 Å². The molecule has 1 amide bonds. The number of aryl methyl sites for hydroxylation is 1. The number of amides is 1. The molecule has 0 spiro atoms. The summed E-state index contributed by atoms with van der Waals surface area (Å²) in [5, 5.41) is 0. The maximum atomic E-state index is 12.9. The molecule has 3 heterocycles. The Morgan fingerprint density at radius 1 is 1.03 bits per heavy atom. The molecule has 35 heavy (non-hydrogen) atoms. The minimum absolute atomic E-state index is 0.00313. The molecule has 186 valence electrons. The normalized spacial score (nSPS) is 17.5. The lowest BCUT2D eigenvalue weighted by Crippen LogP contribution is -2.50. The third kappa shape index (κ3) is 4.73. The van der Waals surface area contributed by atoms with Crippen LogP contribution in [0.2, 0.25) is 0 Å². The molecular formula is C28H37N5O2. The van der Waals surface area contributed by atoms with Gasteiger partial charge in [-0.05, 0) is 42.5 Å². The van der Waals surface area contributed by atoms with Crippen LogP contribution in [0.4, 0.5) is 5.69 Å². The van der Waals surface area contributed by atoms with Crippen molar-refractivity contribution in [1.82, 2.24) is 19.0 Å². The predicted octanol–water partition coefficient (Wildman–Crippen LogP) is 4.29. The Kier molecular flexibility index (Phi) is 6.20. The fourth-order valence-electron chi connectivity index (χ4n) is 5.54. The van der Waals surface area contributed by atoms with E-state index in [1.807, 2.05) is 16.7 Å². The first-order valence-corrected chi connectivity index (χ1v) is 12.9. The minimum atomic E-state index is -0.0293. The zero-order valence-electron chi connectivity index (χ0n) is 21.5. The predicted molar refractivity (Wildman–Crippen MR) is 141 cm³/mol. The third-order valence-corrected chi connectivity index (χ3v) is 7.42. The fourth-order valence-corrected chi connectivity index (χ4v) is 5.54. The van der Waals surface area contributed by atoms with Crippen LogP contribution in [0.25, 0.3) is 22.4 Å². The molecule has 5 rings (SSSR count). The van der Waals surface area contributed by atoms with Gasteiger partial charge in [-0.3, -0.25) is 13.9 Å². The number of hydrogen-bond donors (Lipinski definition) is 0. The largest absolute Gasteiger partial charge is 0.368 e. The standard InChI is InChI=1S/C28H37N5O2/c1-28(2,3)19-33-24-13-12-23(29-25(24)30(4)27(33)35)21-10-7-11-22(18-21)31-14-16-32(17-15-31)26(34)20-8-5-6-9-20/h7,10-13,18,20H,5-6,8-9,14-17,19H2,1-4H3.